The molecule has 2 nitrogen and oxygen atoms in total. The van der Waals surface area contributed by atoms with E-state index < -0.39 is 0 Å². The minimum absolute atomic E-state index is 0.0616. The van der Waals surface area contributed by atoms with Crippen LogP contribution in [0.3, 0.4) is 0 Å². The second kappa shape index (κ2) is 4.39. The summed E-state index contributed by atoms with van der Waals surface area (Å²) in [6.07, 6.45) is 0.585. The number of halogens is 1. The molecule has 0 spiro atoms. The second-order valence-corrected chi connectivity index (χ2v) is 5.58. The van der Waals surface area contributed by atoms with Crippen LogP contribution < -0.4 is 5.32 Å². The highest BCUT2D eigenvalue weighted by Crippen LogP contribution is 2.40. The fraction of sp³-hybridized carbons (Fsp3) is 0.571. The number of aliphatic hydroxyl groups excluding tert-OH is 1. The number of hydrogen-bond acceptors (Lipinski definition) is 2. The van der Waals surface area contributed by atoms with Gasteiger partial charge in [-0.3, -0.25) is 0 Å². The van der Waals surface area contributed by atoms with Crippen LogP contribution in [0.2, 0.25) is 0 Å². The van der Waals surface area contributed by atoms with Gasteiger partial charge < -0.3 is 10.4 Å². The Labute approximate surface area is 102 Å². The zero-order chi connectivity index (χ0) is 12.6. The van der Waals surface area contributed by atoms with E-state index in [0.717, 1.165) is 24.1 Å². The van der Waals surface area contributed by atoms with Crippen molar-refractivity contribution in [2.24, 2.45) is 5.41 Å². The molecule has 94 valence electrons. The third kappa shape index (κ3) is 2.35. The van der Waals surface area contributed by atoms with Crippen molar-refractivity contribution < 1.29 is 9.50 Å². The third-order valence-electron chi connectivity index (χ3n) is 4.06. The van der Waals surface area contributed by atoms with Crippen molar-refractivity contribution in [2.75, 3.05) is 0 Å². The highest BCUT2D eigenvalue weighted by atomic mass is 19.1. The van der Waals surface area contributed by atoms with E-state index in [4.69, 9.17) is 0 Å². The smallest absolute Gasteiger partial charge is 0.123 e. The molecule has 0 aliphatic heterocycles. The average Bonchev–Trinajstić information content (AvgIpc) is 2.26. The van der Waals surface area contributed by atoms with Crippen LogP contribution in [-0.2, 0) is 6.54 Å². The Morgan fingerprint density at radius 2 is 2.18 bits per heavy atom. The van der Waals surface area contributed by atoms with Crippen molar-refractivity contribution in [1.82, 2.24) is 5.32 Å². The minimum Gasteiger partial charge on any atom is -0.392 e. The molecular formula is C14H20FNO. The molecular weight excluding hydrogens is 217 g/mol. The molecule has 1 fully saturated rings. The lowest BCUT2D eigenvalue weighted by Gasteiger charge is -2.49. The molecule has 2 N–H and O–H groups in total. The van der Waals surface area contributed by atoms with Gasteiger partial charge in [0.2, 0.25) is 0 Å². The van der Waals surface area contributed by atoms with E-state index in [2.05, 4.69) is 19.2 Å². The quantitative estimate of drug-likeness (QED) is 0.846. The predicted molar refractivity (Wildman–Crippen MR) is 66.2 cm³/mol. The summed E-state index contributed by atoms with van der Waals surface area (Å²) in [5.41, 5.74) is 2.02. The molecule has 2 unspecified atom stereocenters. The topological polar surface area (TPSA) is 32.3 Å². The summed E-state index contributed by atoms with van der Waals surface area (Å²) < 4.78 is 12.9. The van der Waals surface area contributed by atoms with Crippen molar-refractivity contribution in [2.45, 2.75) is 45.9 Å². The van der Waals surface area contributed by atoms with Crippen molar-refractivity contribution in [3.8, 4) is 0 Å². The normalized spacial score (nSPS) is 26.6. The molecule has 0 saturated heterocycles. The molecule has 0 bridgehead atoms. The Balaban J connectivity index is 1.95. The fourth-order valence-corrected chi connectivity index (χ4v) is 2.34. The van der Waals surface area contributed by atoms with Gasteiger partial charge in [-0.25, -0.2) is 4.39 Å². The highest BCUT2D eigenvalue weighted by molar-refractivity contribution is 5.26. The van der Waals surface area contributed by atoms with Crippen LogP contribution in [0.1, 0.15) is 31.4 Å². The van der Waals surface area contributed by atoms with E-state index >= 15 is 0 Å². The Hall–Kier alpha value is -0.930. The van der Waals surface area contributed by atoms with Crippen molar-refractivity contribution >= 4 is 0 Å². The summed E-state index contributed by atoms with van der Waals surface area (Å²) in [5.74, 6) is -0.189. The summed E-state index contributed by atoms with van der Waals surface area (Å²) >= 11 is 0. The molecule has 17 heavy (non-hydrogen) atoms. The van der Waals surface area contributed by atoms with Gasteiger partial charge in [0.15, 0.2) is 0 Å². The van der Waals surface area contributed by atoms with Crippen LogP contribution in [0.15, 0.2) is 18.2 Å². The van der Waals surface area contributed by atoms with Crippen LogP contribution in [0.5, 0.6) is 0 Å². The van der Waals surface area contributed by atoms with Crippen LogP contribution >= 0.6 is 0 Å². The Morgan fingerprint density at radius 1 is 1.47 bits per heavy atom. The number of aryl methyl sites for hydroxylation is 1. The van der Waals surface area contributed by atoms with Gasteiger partial charge in [0, 0.05) is 18.0 Å². The van der Waals surface area contributed by atoms with Gasteiger partial charge >= 0.3 is 0 Å². The van der Waals surface area contributed by atoms with E-state index in [-0.39, 0.29) is 17.3 Å². The zero-order valence-corrected chi connectivity index (χ0v) is 10.6. The molecule has 1 aliphatic carbocycles. The van der Waals surface area contributed by atoms with E-state index in [1.807, 2.05) is 13.0 Å². The van der Waals surface area contributed by atoms with Gasteiger partial charge in [-0.1, -0.05) is 19.9 Å². The average molecular weight is 237 g/mol. The first-order valence-corrected chi connectivity index (χ1v) is 6.07. The standard InChI is InChI=1S/C14H20FNO/c1-9-6-11(15)5-4-10(9)8-16-12-7-13(17)14(12,2)3/h4-6,12-13,16-17H,7-8H2,1-3H3. The van der Waals surface area contributed by atoms with Gasteiger partial charge in [0.05, 0.1) is 6.10 Å². The monoisotopic (exact) mass is 237 g/mol. The summed E-state index contributed by atoms with van der Waals surface area (Å²) in [4.78, 5) is 0. The van der Waals surface area contributed by atoms with Crippen LogP contribution in [0.4, 0.5) is 4.39 Å². The van der Waals surface area contributed by atoms with Gasteiger partial charge in [-0.15, -0.1) is 0 Å². The molecule has 1 aromatic carbocycles. The molecule has 0 amide bonds. The largest absolute Gasteiger partial charge is 0.392 e. The van der Waals surface area contributed by atoms with Crippen molar-refractivity contribution in [3.63, 3.8) is 0 Å². The lowest BCUT2D eigenvalue weighted by molar-refractivity contribution is -0.0730. The molecule has 1 saturated carbocycles. The molecule has 0 aromatic heterocycles. The van der Waals surface area contributed by atoms with E-state index in [1.54, 1.807) is 6.07 Å². The van der Waals surface area contributed by atoms with E-state index in [9.17, 15) is 9.50 Å². The van der Waals surface area contributed by atoms with Gasteiger partial charge in [-0.2, -0.15) is 0 Å². The van der Waals surface area contributed by atoms with Gasteiger partial charge in [0.25, 0.3) is 0 Å². The fourth-order valence-electron chi connectivity index (χ4n) is 2.34. The van der Waals surface area contributed by atoms with Gasteiger partial charge in [0.1, 0.15) is 5.82 Å². The van der Waals surface area contributed by atoms with Crippen molar-refractivity contribution in [3.05, 3.63) is 35.1 Å². The van der Waals surface area contributed by atoms with E-state index in [0.29, 0.717) is 6.04 Å². The first-order valence-electron chi connectivity index (χ1n) is 6.07. The highest BCUT2D eigenvalue weighted by Gasteiger charge is 2.46. The number of benzene rings is 1. The summed E-state index contributed by atoms with van der Waals surface area (Å²) in [5, 5.41) is 13.1. The second-order valence-electron chi connectivity index (χ2n) is 5.58. The number of aliphatic hydroxyl groups is 1. The molecule has 0 radical (unpaired) electrons. The molecule has 0 heterocycles. The zero-order valence-electron chi connectivity index (χ0n) is 10.6. The number of hydrogen-bond donors (Lipinski definition) is 2. The maximum absolute atomic E-state index is 12.9. The molecule has 1 aliphatic rings. The first kappa shape index (κ1) is 12.5. The Bertz CT molecular complexity index is 417. The maximum Gasteiger partial charge on any atom is 0.123 e. The number of rotatable bonds is 3. The lowest BCUT2D eigenvalue weighted by Crippen LogP contribution is -2.59. The van der Waals surface area contributed by atoms with Crippen molar-refractivity contribution in [1.29, 1.82) is 0 Å². The summed E-state index contributed by atoms with van der Waals surface area (Å²) in [6.45, 7) is 6.78. The predicted octanol–water partition coefficient (Wildman–Crippen LogP) is 2.38. The summed E-state index contributed by atoms with van der Waals surface area (Å²) in [6, 6.07) is 5.20. The Kier molecular flexibility index (Phi) is 3.23. The molecule has 1 aromatic rings. The number of nitrogens with one attached hydrogen (secondary N) is 1. The third-order valence-corrected chi connectivity index (χ3v) is 4.06. The first-order chi connectivity index (χ1) is 7.91. The van der Waals surface area contributed by atoms with Crippen LogP contribution in [0, 0.1) is 18.2 Å². The van der Waals surface area contributed by atoms with E-state index in [1.165, 1.54) is 6.07 Å². The molecule has 2 rings (SSSR count). The maximum atomic E-state index is 12.9. The van der Waals surface area contributed by atoms with Crippen LogP contribution in [-0.4, -0.2) is 17.3 Å². The SMILES string of the molecule is Cc1cc(F)ccc1CNC1CC(O)C1(C)C. The minimum atomic E-state index is -0.214. The Morgan fingerprint density at radius 3 is 2.71 bits per heavy atom. The molecule has 3 heteroatoms. The lowest BCUT2D eigenvalue weighted by atomic mass is 9.64. The van der Waals surface area contributed by atoms with Crippen LogP contribution in [0.25, 0.3) is 0 Å². The molecule has 2 atom stereocenters. The van der Waals surface area contributed by atoms with Gasteiger partial charge in [-0.05, 0) is 36.6 Å². The summed E-state index contributed by atoms with van der Waals surface area (Å²) in [7, 11) is 0.